The average Bonchev–Trinajstić information content (AvgIpc) is 2.64. The Morgan fingerprint density at radius 2 is 1.08 bits per heavy atom. The van der Waals surface area contributed by atoms with E-state index in [1.54, 1.807) is 20.0 Å². The van der Waals surface area contributed by atoms with Crippen molar-refractivity contribution in [1.82, 2.24) is 0 Å². The van der Waals surface area contributed by atoms with Gasteiger partial charge >= 0.3 is 29.5 Å². The first kappa shape index (κ1) is 26.4. The second-order valence-electron chi connectivity index (χ2n) is 4.50. The van der Waals surface area contributed by atoms with Crippen molar-refractivity contribution >= 4 is 29.5 Å². The summed E-state index contributed by atoms with van der Waals surface area (Å²) >= 11 is 0. The summed E-state index contributed by atoms with van der Waals surface area (Å²) in [5.41, 5.74) is 0. The van der Waals surface area contributed by atoms with Crippen molar-refractivity contribution in [2.24, 2.45) is 0 Å². The van der Waals surface area contributed by atoms with E-state index in [0.29, 0.717) is 6.61 Å². The summed E-state index contributed by atoms with van der Waals surface area (Å²) in [4.78, 5) is 21.5. The quantitative estimate of drug-likeness (QED) is 0.357. The van der Waals surface area contributed by atoms with Crippen LogP contribution in [0, 0.1) is 0 Å². The van der Waals surface area contributed by atoms with Crippen LogP contribution in [0.4, 0.5) is 0 Å². The van der Waals surface area contributed by atoms with Gasteiger partial charge in [0.1, 0.15) is 13.2 Å². The van der Waals surface area contributed by atoms with Gasteiger partial charge in [0.25, 0.3) is 0 Å². The zero-order chi connectivity index (χ0) is 19.9. The van der Waals surface area contributed by atoms with E-state index in [2.05, 4.69) is 9.47 Å². The molecular weight excluding hydrogens is 372 g/mol. The molecule has 0 amide bonds. The fourth-order valence-corrected chi connectivity index (χ4v) is 2.61. The van der Waals surface area contributed by atoms with E-state index >= 15 is 0 Å². The molecule has 0 fully saturated rings. The molecule has 0 unspecified atom stereocenters. The maximum Gasteiger partial charge on any atom is 0.497 e. The zero-order valence-corrected chi connectivity index (χ0v) is 18.2. The number of esters is 2. The van der Waals surface area contributed by atoms with Gasteiger partial charge in [-0.05, 0) is 6.92 Å². The Labute approximate surface area is 151 Å². The Morgan fingerprint density at radius 1 is 0.720 bits per heavy atom. The van der Waals surface area contributed by atoms with Gasteiger partial charge in [-0.3, -0.25) is 0 Å². The average molecular weight is 403 g/mol. The lowest BCUT2D eigenvalue weighted by Crippen LogP contribution is -2.41. The topological polar surface area (TPSA) is 108 Å². The van der Waals surface area contributed by atoms with Crippen molar-refractivity contribution < 1.29 is 45.6 Å². The Morgan fingerprint density at radius 3 is 1.36 bits per heavy atom. The number of hydrogen-bond donors (Lipinski definition) is 0. The standard InChI is InChI=1S/C7H16O5Si.C6H14O5Si/c1-5-11-7(8)6-12-13(4,9-2)10-3;1-8-6(7)5-11-12(4,9-2)10-3/h5-6H2,1-4H3;5H2,1-4H3. The van der Waals surface area contributed by atoms with Crippen molar-refractivity contribution in [3.8, 4) is 0 Å². The lowest BCUT2D eigenvalue weighted by Gasteiger charge is -2.21. The van der Waals surface area contributed by atoms with E-state index in [4.69, 9.17) is 26.6 Å². The fourth-order valence-electron chi connectivity index (χ4n) is 1.04. The first-order valence-electron chi connectivity index (χ1n) is 7.36. The van der Waals surface area contributed by atoms with Crippen LogP contribution in [0.2, 0.25) is 13.1 Å². The Bertz CT molecular complexity index is 372. The molecule has 0 saturated carbocycles. The molecule has 10 nitrogen and oxygen atoms in total. The van der Waals surface area contributed by atoms with Crippen LogP contribution in [0.25, 0.3) is 0 Å². The highest BCUT2D eigenvalue weighted by molar-refractivity contribution is 6.59. The molecule has 150 valence electrons. The molecule has 0 saturated heterocycles. The second-order valence-corrected chi connectivity index (χ2v) is 10.2. The number of ether oxygens (including phenoxy) is 2. The highest BCUT2D eigenvalue weighted by Gasteiger charge is 2.33. The maximum atomic E-state index is 10.9. The van der Waals surface area contributed by atoms with E-state index in [1.807, 2.05) is 0 Å². The van der Waals surface area contributed by atoms with Crippen molar-refractivity contribution in [3.63, 3.8) is 0 Å². The number of carbonyl (C=O) groups excluding carboxylic acids is 2. The van der Waals surface area contributed by atoms with Crippen molar-refractivity contribution in [2.75, 3.05) is 55.4 Å². The van der Waals surface area contributed by atoms with Gasteiger partial charge < -0.3 is 36.0 Å². The van der Waals surface area contributed by atoms with Crippen LogP contribution in [0.5, 0.6) is 0 Å². The molecule has 0 aliphatic heterocycles. The third kappa shape index (κ3) is 13.1. The Balaban J connectivity index is 0. The van der Waals surface area contributed by atoms with Gasteiger partial charge in [0.05, 0.1) is 13.7 Å². The van der Waals surface area contributed by atoms with Crippen LogP contribution >= 0.6 is 0 Å². The molecule has 0 heterocycles. The van der Waals surface area contributed by atoms with Crippen molar-refractivity contribution in [1.29, 1.82) is 0 Å². The summed E-state index contributed by atoms with van der Waals surface area (Å²) in [6.45, 7) is 5.21. The predicted octanol–water partition coefficient (Wildman–Crippen LogP) is 0.465. The minimum absolute atomic E-state index is 0.127. The van der Waals surface area contributed by atoms with Crippen LogP contribution in [-0.2, 0) is 45.6 Å². The molecule has 0 aliphatic carbocycles. The molecule has 0 atom stereocenters. The molecule has 0 aliphatic rings. The molecule has 0 spiro atoms. The molecule has 25 heavy (non-hydrogen) atoms. The van der Waals surface area contributed by atoms with Crippen LogP contribution in [0.1, 0.15) is 6.92 Å². The van der Waals surface area contributed by atoms with Crippen LogP contribution < -0.4 is 0 Å². The van der Waals surface area contributed by atoms with Gasteiger partial charge in [-0.1, -0.05) is 0 Å². The van der Waals surface area contributed by atoms with Gasteiger partial charge in [0, 0.05) is 41.5 Å². The Hall–Kier alpha value is -0.866. The van der Waals surface area contributed by atoms with E-state index in [9.17, 15) is 9.59 Å². The summed E-state index contributed by atoms with van der Waals surface area (Å²) < 4.78 is 39.3. The summed E-state index contributed by atoms with van der Waals surface area (Å²) in [6, 6.07) is 0. The minimum atomic E-state index is -2.59. The third-order valence-corrected chi connectivity index (χ3v) is 7.22. The smallest absolute Gasteiger partial charge is 0.467 e. The SMILES string of the molecule is CCOC(=O)CO[Si](C)(OC)OC.COC(=O)CO[Si](C)(OC)OC. The molecule has 0 bridgehead atoms. The zero-order valence-electron chi connectivity index (χ0n) is 16.2. The summed E-state index contributed by atoms with van der Waals surface area (Å²) in [5.74, 6) is -0.849. The van der Waals surface area contributed by atoms with Gasteiger partial charge in [0.15, 0.2) is 0 Å². The van der Waals surface area contributed by atoms with Gasteiger partial charge in [-0.2, -0.15) is 0 Å². The van der Waals surface area contributed by atoms with E-state index in [-0.39, 0.29) is 13.2 Å². The molecule has 12 heteroatoms. The van der Waals surface area contributed by atoms with Gasteiger partial charge in [-0.25, -0.2) is 9.59 Å². The van der Waals surface area contributed by atoms with E-state index < -0.39 is 29.5 Å². The first-order valence-corrected chi connectivity index (χ1v) is 11.8. The lowest BCUT2D eigenvalue weighted by atomic mass is 10.7. The van der Waals surface area contributed by atoms with Gasteiger partial charge in [0.2, 0.25) is 0 Å². The molecule has 0 aromatic rings. The van der Waals surface area contributed by atoms with E-state index in [0.717, 1.165) is 0 Å². The minimum Gasteiger partial charge on any atom is -0.467 e. The number of rotatable bonds is 11. The molecular formula is C13H30O10Si2. The van der Waals surface area contributed by atoms with Gasteiger partial charge in [-0.15, -0.1) is 0 Å². The molecule has 0 rings (SSSR count). The highest BCUT2D eigenvalue weighted by Crippen LogP contribution is 2.06. The van der Waals surface area contributed by atoms with Crippen molar-refractivity contribution in [2.45, 2.75) is 20.0 Å². The summed E-state index contributed by atoms with van der Waals surface area (Å²) in [7, 11) is 2.06. The molecule has 0 aromatic carbocycles. The number of methoxy groups -OCH3 is 1. The van der Waals surface area contributed by atoms with Crippen LogP contribution in [0.3, 0.4) is 0 Å². The second kappa shape index (κ2) is 14.3. The lowest BCUT2D eigenvalue weighted by molar-refractivity contribution is -0.147. The first-order chi connectivity index (χ1) is 11.7. The third-order valence-electron chi connectivity index (χ3n) is 2.92. The fraction of sp³-hybridized carbons (Fsp3) is 0.846. The number of carbonyl (C=O) groups is 2. The summed E-state index contributed by atoms with van der Waals surface area (Å²) in [6.07, 6.45) is 0. The predicted molar refractivity (Wildman–Crippen MR) is 91.8 cm³/mol. The van der Waals surface area contributed by atoms with E-state index in [1.165, 1.54) is 35.5 Å². The van der Waals surface area contributed by atoms with Crippen LogP contribution in [-0.4, -0.2) is 84.9 Å². The largest absolute Gasteiger partial charge is 0.497 e. The van der Waals surface area contributed by atoms with Crippen LogP contribution in [0.15, 0.2) is 0 Å². The maximum absolute atomic E-state index is 10.9. The molecule has 0 N–H and O–H groups in total. The highest BCUT2D eigenvalue weighted by atomic mass is 28.4. The normalized spacial score (nSPS) is 11.4. The Kier molecular flexibility index (Phi) is 15.1. The summed E-state index contributed by atoms with van der Waals surface area (Å²) in [5, 5.41) is 0. The monoisotopic (exact) mass is 402 g/mol. The number of hydrogen-bond acceptors (Lipinski definition) is 10. The van der Waals surface area contributed by atoms with Crippen molar-refractivity contribution in [3.05, 3.63) is 0 Å². The molecule has 0 radical (unpaired) electrons. The molecule has 0 aromatic heterocycles.